The van der Waals surface area contributed by atoms with E-state index in [9.17, 15) is 22.0 Å². The maximum absolute atomic E-state index is 13.9. The Morgan fingerprint density at radius 2 is 1.89 bits per heavy atom. The van der Waals surface area contributed by atoms with E-state index in [4.69, 9.17) is 6.42 Å². The minimum Gasteiger partial charge on any atom is -0.335 e. The minimum absolute atomic E-state index is 0.142. The van der Waals surface area contributed by atoms with Gasteiger partial charge in [0, 0.05) is 6.07 Å². The molecule has 2 N–H and O–H groups in total. The van der Waals surface area contributed by atoms with Crippen LogP contribution >= 0.6 is 0 Å². The zero-order valence-electron chi connectivity index (χ0n) is 16.1. The van der Waals surface area contributed by atoms with Gasteiger partial charge >= 0.3 is 0 Å². The molecule has 6 nitrogen and oxygen atoms in total. The summed E-state index contributed by atoms with van der Waals surface area (Å²) in [7, 11) is -4.05. The van der Waals surface area contributed by atoms with Crippen LogP contribution in [0.5, 0.6) is 0 Å². The number of sulfonamides is 1. The molecular formula is C19H26F2N3O3S+. The lowest BCUT2D eigenvalue weighted by atomic mass is 9.94. The van der Waals surface area contributed by atoms with Gasteiger partial charge in [0.25, 0.3) is 5.91 Å². The molecule has 0 spiro atoms. The Balaban J connectivity index is 1.97. The smallest absolute Gasteiger partial charge is 0.276 e. The summed E-state index contributed by atoms with van der Waals surface area (Å²) in [5.41, 5.74) is -0.665. The second kappa shape index (κ2) is 8.99. The summed E-state index contributed by atoms with van der Waals surface area (Å²) in [5.74, 6) is 0.517. The summed E-state index contributed by atoms with van der Waals surface area (Å²) >= 11 is 0. The average molecular weight is 414 g/mol. The average Bonchev–Trinajstić information content (AvgIpc) is 2.66. The maximum atomic E-state index is 13.9. The van der Waals surface area contributed by atoms with Crippen LogP contribution in [0.3, 0.4) is 0 Å². The van der Waals surface area contributed by atoms with E-state index >= 15 is 0 Å². The van der Waals surface area contributed by atoms with Crippen molar-refractivity contribution in [1.29, 1.82) is 0 Å². The monoisotopic (exact) mass is 414 g/mol. The summed E-state index contributed by atoms with van der Waals surface area (Å²) in [5, 5.41) is 2.89. The molecule has 0 aromatic heterocycles. The van der Waals surface area contributed by atoms with Gasteiger partial charge in [-0.25, -0.2) is 17.2 Å². The minimum atomic E-state index is -4.05. The normalized spacial score (nSPS) is 16.5. The summed E-state index contributed by atoms with van der Waals surface area (Å²) in [6, 6.07) is 2.40. The topological polar surface area (TPSA) is 70.9 Å². The number of nitrogens with zero attached hydrogens (tertiary/aromatic N) is 1. The van der Waals surface area contributed by atoms with Crippen LogP contribution < -0.4 is 10.2 Å². The van der Waals surface area contributed by atoms with Crippen molar-refractivity contribution in [1.82, 2.24) is 9.62 Å². The Bertz CT molecular complexity index is 856. The fraction of sp³-hybridized carbons (Fsp3) is 0.526. The SMILES string of the molecule is C#CC(CC)(CC)NC(=O)C[NH+]1CCN(S(=O)(=O)c2ccc(F)cc2F)CC1. The first kappa shape index (κ1) is 22.3. The van der Waals surface area contributed by atoms with Crippen molar-refractivity contribution in [2.75, 3.05) is 32.7 Å². The van der Waals surface area contributed by atoms with E-state index < -0.39 is 32.1 Å². The third-order valence-corrected chi connectivity index (χ3v) is 7.15. The quantitative estimate of drug-likeness (QED) is 0.625. The van der Waals surface area contributed by atoms with E-state index in [-0.39, 0.29) is 25.5 Å². The number of hydrogen-bond donors (Lipinski definition) is 2. The molecular weight excluding hydrogens is 388 g/mol. The van der Waals surface area contributed by atoms with Gasteiger partial charge in [0.1, 0.15) is 22.1 Å². The van der Waals surface area contributed by atoms with Gasteiger partial charge in [-0.3, -0.25) is 4.79 Å². The number of benzene rings is 1. The molecule has 1 aliphatic rings. The van der Waals surface area contributed by atoms with Crippen molar-refractivity contribution in [3.8, 4) is 12.3 Å². The van der Waals surface area contributed by atoms with Crippen LogP contribution in [0.25, 0.3) is 0 Å². The highest BCUT2D eigenvalue weighted by Crippen LogP contribution is 2.20. The van der Waals surface area contributed by atoms with Crippen molar-refractivity contribution < 1.29 is 26.9 Å². The molecule has 28 heavy (non-hydrogen) atoms. The summed E-state index contributed by atoms with van der Waals surface area (Å²) < 4.78 is 53.3. The number of halogens is 2. The number of amides is 1. The number of carbonyl (C=O) groups is 1. The zero-order valence-corrected chi connectivity index (χ0v) is 16.9. The van der Waals surface area contributed by atoms with E-state index in [1.165, 1.54) is 0 Å². The molecule has 1 aromatic rings. The molecule has 154 valence electrons. The molecule has 0 bridgehead atoms. The molecule has 2 rings (SSSR count). The number of quaternary nitrogens is 1. The highest BCUT2D eigenvalue weighted by Gasteiger charge is 2.34. The third kappa shape index (κ3) is 4.87. The molecule has 1 aromatic carbocycles. The predicted molar refractivity (Wildman–Crippen MR) is 101 cm³/mol. The standard InChI is InChI=1S/C19H25F2N3O3S/c1-4-19(5-2,6-3)22-18(25)14-23-9-11-24(12-10-23)28(26,27)17-8-7-15(20)13-16(17)21/h1,7-8,13H,5-6,9-12,14H2,2-3H3,(H,22,25)/p+1. The molecule has 0 atom stereocenters. The van der Waals surface area contributed by atoms with Crippen LogP contribution in [0.15, 0.2) is 23.1 Å². The van der Waals surface area contributed by atoms with Gasteiger partial charge in [-0.2, -0.15) is 4.31 Å². The van der Waals surface area contributed by atoms with Gasteiger partial charge in [-0.1, -0.05) is 19.8 Å². The van der Waals surface area contributed by atoms with Gasteiger partial charge in [-0.05, 0) is 25.0 Å². The van der Waals surface area contributed by atoms with Gasteiger partial charge < -0.3 is 10.2 Å². The molecule has 1 fully saturated rings. The van der Waals surface area contributed by atoms with Crippen molar-refractivity contribution in [2.45, 2.75) is 37.1 Å². The van der Waals surface area contributed by atoms with Crippen molar-refractivity contribution in [2.24, 2.45) is 0 Å². The Hall–Kier alpha value is -2.02. The maximum Gasteiger partial charge on any atom is 0.276 e. The number of terminal acetylenes is 1. The lowest BCUT2D eigenvalue weighted by Gasteiger charge is -2.32. The summed E-state index contributed by atoms with van der Waals surface area (Å²) in [6.07, 6.45) is 6.80. The second-order valence-electron chi connectivity index (χ2n) is 6.89. The van der Waals surface area contributed by atoms with Crippen molar-refractivity contribution >= 4 is 15.9 Å². The van der Waals surface area contributed by atoms with E-state index in [2.05, 4.69) is 11.2 Å². The molecule has 0 unspecified atom stereocenters. The van der Waals surface area contributed by atoms with Crippen LogP contribution in [-0.2, 0) is 14.8 Å². The lowest BCUT2D eigenvalue weighted by molar-refractivity contribution is -0.895. The molecule has 1 heterocycles. The molecule has 0 radical (unpaired) electrons. The van der Waals surface area contributed by atoms with Crippen LogP contribution in [0.2, 0.25) is 0 Å². The lowest BCUT2D eigenvalue weighted by Crippen LogP contribution is -3.16. The van der Waals surface area contributed by atoms with Crippen LogP contribution in [0.4, 0.5) is 8.78 Å². The number of piperazine rings is 1. The van der Waals surface area contributed by atoms with Gasteiger partial charge in [0.2, 0.25) is 10.0 Å². The molecule has 1 saturated heterocycles. The first-order valence-corrected chi connectivity index (χ1v) is 10.7. The molecule has 1 aliphatic heterocycles. The third-order valence-electron chi connectivity index (χ3n) is 5.21. The van der Waals surface area contributed by atoms with E-state index in [0.717, 1.165) is 21.3 Å². The largest absolute Gasteiger partial charge is 0.335 e. The fourth-order valence-electron chi connectivity index (χ4n) is 3.25. The van der Waals surface area contributed by atoms with Gasteiger partial charge in [0.05, 0.1) is 26.2 Å². The molecule has 9 heteroatoms. The number of nitrogens with one attached hydrogen (secondary N) is 2. The van der Waals surface area contributed by atoms with Gasteiger partial charge in [-0.15, -0.1) is 6.42 Å². The van der Waals surface area contributed by atoms with Crippen LogP contribution in [0, 0.1) is 24.0 Å². The first-order chi connectivity index (χ1) is 13.2. The van der Waals surface area contributed by atoms with Gasteiger partial charge in [0.15, 0.2) is 6.54 Å². The molecule has 0 saturated carbocycles. The van der Waals surface area contributed by atoms with E-state index in [1.54, 1.807) is 0 Å². The number of rotatable bonds is 7. The summed E-state index contributed by atoms with van der Waals surface area (Å²) in [6.45, 7) is 5.09. The highest BCUT2D eigenvalue weighted by atomic mass is 32.2. The van der Waals surface area contributed by atoms with Crippen molar-refractivity contribution in [3.63, 3.8) is 0 Å². The van der Waals surface area contributed by atoms with Crippen LogP contribution in [-0.4, -0.2) is 56.9 Å². The van der Waals surface area contributed by atoms with Crippen LogP contribution in [0.1, 0.15) is 26.7 Å². The highest BCUT2D eigenvalue weighted by molar-refractivity contribution is 7.89. The Labute approximate surface area is 164 Å². The number of hydrogen-bond acceptors (Lipinski definition) is 3. The van der Waals surface area contributed by atoms with Crippen molar-refractivity contribution in [3.05, 3.63) is 29.8 Å². The Kier molecular flexibility index (Phi) is 7.15. The summed E-state index contributed by atoms with van der Waals surface area (Å²) in [4.78, 5) is 12.7. The second-order valence-corrected chi connectivity index (χ2v) is 8.79. The number of carbonyl (C=O) groups excluding carboxylic acids is 1. The van der Waals surface area contributed by atoms with E-state index in [1.807, 2.05) is 13.8 Å². The zero-order chi connectivity index (χ0) is 20.9. The van der Waals surface area contributed by atoms with E-state index in [0.29, 0.717) is 32.0 Å². The Morgan fingerprint density at radius 1 is 1.29 bits per heavy atom. The fourth-order valence-corrected chi connectivity index (χ4v) is 4.74. The molecule has 0 aliphatic carbocycles. The Morgan fingerprint density at radius 3 is 2.39 bits per heavy atom. The first-order valence-electron chi connectivity index (χ1n) is 9.25. The predicted octanol–water partition coefficient (Wildman–Crippen LogP) is 0.162. The molecule has 1 amide bonds.